The summed E-state index contributed by atoms with van der Waals surface area (Å²) in [6.45, 7) is 0.236. The third kappa shape index (κ3) is 0.969. The zero-order chi connectivity index (χ0) is 8.01. The van der Waals surface area contributed by atoms with Gasteiger partial charge in [0.2, 0.25) is 0 Å². The van der Waals surface area contributed by atoms with Gasteiger partial charge in [0, 0.05) is 0 Å². The van der Waals surface area contributed by atoms with Crippen molar-refractivity contribution < 1.29 is 24.8 Å². The largest absolute Gasteiger partial charge is 0.387 e. The average molecular weight is 162 g/mol. The van der Waals surface area contributed by atoms with Gasteiger partial charge in [0.15, 0.2) is 6.29 Å². The Hall–Kier alpha value is -0.200. The Morgan fingerprint density at radius 1 is 1.09 bits per heavy atom. The topological polar surface area (TPSA) is 79.2 Å². The predicted molar refractivity (Wildman–Crippen MR) is 32.6 cm³/mol. The van der Waals surface area contributed by atoms with Crippen LogP contribution < -0.4 is 0 Å². The van der Waals surface area contributed by atoms with Crippen LogP contribution in [0.25, 0.3) is 0 Å². The molecule has 0 aromatic carbocycles. The van der Waals surface area contributed by atoms with Crippen LogP contribution in [-0.4, -0.2) is 52.6 Å². The van der Waals surface area contributed by atoms with Crippen LogP contribution in [0.5, 0.6) is 0 Å². The van der Waals surface area contributed by atoms with Crippen molar-refractivity contribution >= 4 is 0 Å². The normalized spacial score (nSPS) is 56.5. The second-order valence-electron chi connectivity index (χ2n) is 2.84. The third-order valence-corrected chi connectivity index (χ3v) is 2.12. The van der Waals surface area contributed by atoms with Gasteiger partial charge in [-0.15, -0.1) is 0 Å². The summed E-state index contributed by atoms with van der Waals surface area (Å²) in [4.78, 5) is 0. The first kappa shape index (κ1) is 7.45. The van der Waals surface area contributed by atoms with Gasteiger partial charge < -0.3 is 24.8 Å². The number of aliphatic hydroxyl groups excluding tert-OH is 3. The van der Waals surface area contributed by atoms with Crippen LogP contribution in [0.3, 0.4) is 0 Å². The highest BCUT2D eigenvalue weighted by atomic mass is 16.7. The highest BCUT2D eigenvalue weighted by Crippen LogP contribution is 2.27. The molecular formula is C6H10O5. The minimum atomic E-state index is -1.10. The number of hydrogen-bond donors (Lipinski definition) is 3. The monoisotopic (exact) mass is 162 g/mol. The maximum absolute atomic E-state index is 9.22. The van der Waals surface area contributed by atoms with E-state index in [4.69, 9.17) is 14.6 Å². The van der Waals surface area contributed by atoms with Crippen LogP contribution in [0.4, 0.5) is 0 Å². The summed E-state index contributed by atoms with van der Waals surface area (Å²) in [6, 6.07) is 0. The van der Waals surface area contributed by atoms with Gasteiger partial charge in [0.05, 0.1) is 6.61 Å². The molecule has 3 aliphatic rings. The lowest BCUT2D eigenvalue weighted by molar-refractivity contribution is -0.343. The Bertz CT molecular complexity index is 159. The summed E-state index contributed by atoms with van der Waals surface area (Å²) in [6.07, 6.45) is -4.46. The van der Waals surface area contributed by atoms with E-state index in [9.17, 15) is 10.2 Å². The molecule has 3 N–H and O–H groups in total. The smallest absolute Gasteiger partial charge is 0.184 e. The predicted octanol–water partition coefficient (Wildman–Crippen LogP) is -2.18. The van der Waals surface area contributed by atoms with Gasteiger partial charge in [-0.05, 0) is 0 Å². The molecule has 3 fully saturated rings. The van der Waals surface area contributed by atoms with Crippen LogP contribution >= 0.6 is 0 Å². The van der Waals surface area contributed by atoms with Crippen molar-refractivity contribution in [1.82, 2.24) is 0 Å². The molecule has 5 heteroatoms. The Morgan fingerprint density at radius 2 is 1.82 bits per heavy atom. The standard InChI is InChI=1S/C6H10O5/c7-3-2-1-10-5(4(3)8)6(9)11-2/h2-9H,1H2/t2-,3-,4+,5-,6?/m1/s1. The first-order valence-electron chi connectivity index (χ1n) is 3.51. The first-order chi connectivity index (χ1) is 5.20. The van der Waals surface area contributed by atoms with E-state index in [-0.39, 0.29) is 6.61 Å². The molecule has 5 nitrogen and oxygen atoms in total. The molecule has 0 saturated carbocycles. The summed E-state index contributed by atoms with van der Waals surface area (Å²) < 4.78 is 9.88. The van der Waals surface area contributed by atoms with Gasteiger partial charge in [0.25, 0.3) is 0 Å². The van der Waals surface area contributed by atoms with Crippen molar-refractivity contribution in [3.63, 3.8) is 0 Å². The summed E-state index contributed by atoms with van der Waals surface area (Å²) in [5, 5.41) is 27.5. The molecule has 5 atom stereocenters. The molecule has 3 rings (SSSR count). The molecule has 0 radical (unpaired) electrons. The molecule has 0 amide bonds. The van der Waals surface area contributed by atoms with E-state index in [1.54, 1.807) is 0 Å². The fraction of sp³-hybridized carbons (Fsp3) is 1.00. The molecule has 0 spiro atoms. The molecule has 3 aliphatic heterocycles. The Balaban J connectivity index is 2.16. The number of fused-ring (bicyclic) bond motifs is 3. The second-order valence-corrected chi connectivity index (χ2v) is 2.84. The quantitative estimate of drug-likeness (QED) is 0.377. The lowest BCUT2D eigenvalue weighted by atomic mass is 9.96. The molecule has 3 heterocycles. The SMILES string of the molecule is OC1O[C@@H]2CO[C@@H]1[C@@H](O)[C@@H]2O. The molecule has 1 unspecified atom stereocenters. The highest BCUT2D eigenvalue weighted by molar-refractivity contribution is 4.93. The second kappa shape index (κ2) is 2.40. The zero-order valence-electron chi connectivity index (χ0n) is 5.75. The minimum Gasteiger partial charge on any atom is -0.387 e. The number of aliphatic hydroxyl groups is 3. The van der Waals surface area contributed by atoms with Crippen LogP contribution in [0, 0.1) is 0 Å². The summed E-state index contributed by atoms with van der Waals surface area (Å²) >= 11 is 0. The molecule has 0 aliphatic carbocycles. The van der Waals surface area contributed by atoms with Crippen molar-refractivity contribution in [1.29, 1.82) is 0 Å². The van der Waals surface area contributed by atoms with Crippen molar-refractivity contribution in [3.8, 4) is 0 Å². The highest BCUT2D eigenvalue weighted by Gasteiger charge is 2.49. The van der Waals surface area contributed by atoms with E-state index in [1.807, 2.05) is 0 Å². The lowest BCUT2D eigenvalue weighted by Crippen LogP contribution is -2.64. The molecule has 11 heavy (non-hydrogen) atoms. The maximum atomic E-state index is 9.22. The number of rotatable bonds is 0. The first-order valence-corrected chi connectivity index (χ1v) is 3.51. The maximum Gasteiger partial charge on any atom is 0.184 e. The number of ether oxygens (including phenoxy) is 2. The Morgan fingerprint density at radius 3 is 2.27 bits per heavy atom. The van der Waals surface area contributed by atoms with Crippen LogP contribution in [-0.2, 0) is 9.47 Å². The van der Waals surface area contributed by atoms with Gasteiger partial charge >= 0.3 is 0 Å². The van der Waals surface area contributed by atoms with Gasteiger partial charge in [-0.3, -0.25) is 0 Å². The Labute approximate surface area is 63.2 Å². The Kier molecular flexibility index (Phi) is 1.62. The van der Waals surface area contributed by atoms with Gasteiger partial charge in [0.1, 0.15) is 24.4 Å². The van der Waals surface area contributed by atoms with Crippen LogP contribution in [0.1, 0.15) is 0 Å². The molecule has 2 bridgehead atoms. The van der Waals surface area contributed by atoms with Gasteiger partial charge in [-0.2, -0.15) is 0 Å². The van der Waals surface area contributed by atoms with Crippen LogP contribution in [0.15, 0.2) is 0 Å². The van der Waals surface area contributed by atoms with Gasteiger partial charge in [-0.25, -0.2) is 0 Å². The van der Waals surface area contributed by atoms with Crippen molar-refractivity contribution in [2.45, 2.75) is 30.7 Å². The average Bonchev–Trinajstić information content (AvgIpc) is 1.99. The van der Waals surface area contributed by atoms with E-state index < -0.39 is 30.7 Å². The molecule has 0 aromatic heterocycles. The summed E-state index contributed by atoms with van der Waals surface area (Å²) in [5.74, 6) is 0. The fourth-order valence-corrected chi connectivity index (χ4v) is 1.44. The molecule has 3 saturated heterocycles. The third-order valence-electron chi connectivity index (χ3n) is 2.12. The van der Waals surface area contributed by atoms with Crippen LogP contribution in [0.2, 0.25) is 0 Å². The van der Waals surface area contributed by atoms with E-state index >= 15 is 0 Å². The van der Waals surface area contributed by atoms with E-state index in [0.29, 0.717) is 0 Å². The molecule has 64 valence electrons. The van der Waals surface area contributed by atoms with E-state index in [2.05, 4.69) is 0 Å². The lowest BCUT2D eigenvalue weighted by Gasteiger charge is -2.45. The minimum absolute atomic E-state index is 0.236. The fourth-order valence-electron chi connectivity index (χ4n) is 1.44. The van der Waals surface area contributed by atoms with Crippen molar-refractivity contribution in [2.24, 2.45) is 0 Å². The van der Waals surface area contributed by atoms with E-state index in [0.717, 1.165) is 0 Å². The zero-order valence-corrected chi connectivity index (χ0v) is 5.75. The summed E-state index contributed by atoms with van der Waals surface area (Å²) in [7, 11) is 0. The number of hydrogen-bond acceptors (Lipinski definition) is 5. The van der Waals surface area contributed by atoms with Crippen molar-refractivity contribution in [3.05, 3.63) is 0 Å². The van der Waals surface area contributed by atoms with Gasteiger partial charge in [-0.1, -0.05) is 0 Å². The van der Waals surface area contributed by atoms with Crippen molar-refractivity contribution in [2.75, 3.05) is 6.61 Å². The summed E-state index contributed by atoms with van der Waals surface area (Å²) in [5.41, 5.74) is 0. The molecule has 0 aromatic rings. The van der Waals surface area contributed by atoms with E-state index in [1.165, 1.54) is 0 Å². The molecular weight excluding hydrogens is 152 g/mol.